The van der Waals surface area contributed by atoms with Crippen molar-refractivity contribution in [3.05, 3.63) is 29.8 Å². The van der Waals surface area contributed by atoms with E-state index in [0.29, 0.717) is 25.2 Å². The number of carbonyl (C=O) groups excluding carboxylic acids is 2. The van der Waals surface area contributed by atoms with Gasteiger partial charge < -0.3 is 15.5 Å². The Morgan fingerprint density at radius 1 is 1.27 bits per heavy atom. The van der Waals surface area contributed by atoms with Crippen LogP contribution in [0.25, 0.3) is 0 Å². The number of anilines is 1. The zero-order valence-corrected chi connectivity index (χ0v) is 12.8. The van der Waals surface area contributed by atoms with Crippen LogP contribution in [0.5, 0.6) is 0 Å². The summed E-state index contributed by atoms with van der Waals surface area (Å²) in [5.41, 5.74) is 1.43. The highest BCUT2D eigenvalue weighted by Crippen LogP contribution is 2.20. The Morgan fingerprint density at radius 3 is 2.91 bits per heavy atom. The van der Waals surface area contributed by atoms with Crippen LogP contribution in [0.3, 0.4) is 0 Å². The summed E-state index contributed by atoms with van der Waals surface area (Å²) >= 11 is 0. The molecule has 1 unspecified atom stereocenters. The third-order valence-corrected chi connectivity index (χ3v) is 4.25. The van der Waals surface area contributed by atoms with Gasteiger partial charge in [0.05, 0.1) is 0 Å². The first kappa shape index (κ1) is 14.8. The number of hydrogen-bond donors (Lipinski definition) is 2. The fourth-order valence-electron chi connectivity index (χ4n) is 2.99. The summed E-state index contributed by atoms with van der Waals surface area (Å²) in [6.07, 6.45) is 0.915. The predicted octanol–water partition coefficient (Wildman–Crippen LogP) is 1.04. The number of hydrogen-bond acceptors (Lipinski definition) is 3. The number of nitrogens with one attached hydrogen (secondary N) is 2. The van der Waals surface area contributed by atoms with E-state index in [4.69, 9.17) is 0 Å². The van der Waals surface area contributed by atoms with Gasteiger partial charge in [-0.05, 0) is 31.5 Å². The maximum Gasteiger partial charge on any atom is 0.321 e. The lowest BCUT2D eigenvalue weighted by atomic mass is 10.1. The number of urea groups is 1. The number of nitrogens with zero attached hydrogens (tertiary/aromatic N) is 2. The van der Waals surface area contributed by atoms with E-state index in [1.165, 1.54) is 0 Å². The fraction of sp³-hybridized carbons (Fsp3) is 0.500. The molecular formula is C16H22N4O2. The van der Waals surface area contributed by atoms with Crippen LogP contribution >= 0.6 is 0 Å². The summed E-state index contributed by atoms with van der Waals surface area (Å²) in [4.78, 5) is 28.2. The normalized spacial score (nSPS) is 22.4. The molecule has 6 nitrogen and oxygen atoms in total. The van der Waals surface area contributed by atoms with E-state index in [9.17, 15) is 9.59 Å². The van der Waals surface area contributed by atoms with Gasteiger partial charge in [0.15, 0.2) is 0 Å². The molecule has 1 aromatic carbocycles. The van der Waals surface area contributed by atoms with Crippen molar-refractivity contribution < 1.29 is 9.59 Å². The smallest absolute Gasteiger partial charge is 0.321 e. The van der Waals surface area contributed by atoms with E-state index < -0.39 is 0 Å². The number of amides is 3. The van der Waals surface area contributed by atoms with Gasteiger partial charge >= 0.3 is 6.03 Å². The SMILES string of the molecule is CC1CNCCN1C(=O)c1cccc(N2CCCNC2=O)c1. The van der Waals surface area contributed by atoms with Crippen LogP contribution in [0.2, 0.25) is 0 Å². The van der Waals surface area contributed by atoms with Crippen molar-refractivity contribution in [2.45, 2.75) is 19.4 Å². The van der Waals surface area contributed by atoms with Gasteiger partial charge in [0.25, 0.3) is 5.91 Å². The second kappa shape index (κ2) is 6.36. The Balaban J connectivity index is 1.81. The molecule has 1 atom stereocenters. The molecule has 2 N–H and O–H groups in total. The Hall–Kier alpha value is -2.08. The Kier molecular flexibility index (Phi) is 4.29. The van der Waals surface area contributed by atoms with Crippen molar-refractivity contribution in [1.29, 1.82) is 0 Å². The minimum atomic E-state index is -0.0913. The van der Waals surface area contributed by atoms with Crippen molar-refractivity contribution in [3.8, 4) is 0 Å². The fourth-order valence-corrected chi connectivity index (χ4v) is 2.99. The molecule has 0 radical (unpaired) electrons. The molecule has 0 aromatic heterocycles. The van der Waals surface area contributed by atoms with Gasteiger partial charge in [0.1, 0.15) is 0 Å². The minimum Gasteiger partial charge on any atom is -0.338 e. The molecule has 6 heteroatoms. The standard InChI is InChI=1S/C16H22N4O2/c1-12-11-17-7-9-19(12)15(21)13-4-2-5-14(10-13)20-8-3-6-18-16(20)22/h2,4-5,10,12,17H,3,6-9,11H2,1H3,(H,18,22). The second-order valence-electron chi connectivity index (χ2n) is 5.84. The van der Waals surface area contributed by atoms with Gasteiger partial charge in [0.2, 0.25) is 0 Å². The van der Waals surface area contributed by atoms with Crippen molar-refractivity contribution in [2.75, 3.05) is 37.6 Å². The van der Waals surface area contributed by atoms with Crippen molar-refractivity contribution >= 4 is 17.6 Å². The van der Waals surface area contributed by atoms with Crippen molar-refractivity contribution in [1.82, 2.24) is 15.5 Å². The van der Waals surface area contributed by atoms with E-state index >= 15 is 0 Å². The summed E-state index contributed by atoms with van der Waals surface area (Å²) in [5.74, 6) is 0.0354. The van der Waals surface area contributed by atoms with Gasteiger partial charge in [-0.2, -0.15) is 0 Å². The van der Waals surface area contributed by atoms with E-state index in [2.05, 4.69) is 10.6 Å². The highest BCUT2D eigenvalue weighted by atomic mass is 16.2. The van der Waals surface area contributed by atoms with E-state index in [1.54, 1.807) is 4.90 Å². The average molecular weight is 302 g/mol. The highest BCUT2D eigenvalue weighted by Gasteiger charge is 2.25. The van der Waals surface area contributed by atoms with Crippen LogP contribution in [0, 0.1) is 0 Å². The molecule has 0 spiro atoms. The Morgan fingerprint density at radius 2 is 2.14 bits per heavy atom. The van der Waals surface area contributed by atoms with Crippen LogP contribution in [-0.4, -0.2) is 55.6 Å². The van der Waals surface area contributed by atoms with E-state index in [0.717, 1.165) is 25.2 Å². The van der Waals surface area contributed by atoms with Crippen molar-refractivity contribution in [2.24, 2.45) is 0 Å². The first-order valence-electron chi connectivity index (χ1n) is 7.84. The maximum atomic E-state index is 12.7. The summed E-state index contributed by atoms with van der Waals surface area (Å²) in [6, 6.07) is 7.46. The first-order chi connectivity index (χ1) is 10.7. The van der Waals surface area contributed by atoms with Crippen LogP contribution in [0.4, 0.5) is 10.5 Å². The molecule has 0 saturated carbocycles. The molecule has 3 amide bonds. The summed E-state index contributed by atoms with van der Waals surface area (Å²) in [5, 5.41) is 6.12. The quantitative estimate of drug-likeness (QED) is 0.858. The Bertz CT molecular complexity index is 575. The highest BCUT2D eigenvalue weighted by molar-refractivity contribution is 5.98. The van der Waals surface area contributed by atoms with Gasteiger partial charge in [-0.3, -0.25) is 9.69 Å². The molecule has 3 rings (SSSR count). The van der Waals surface area contributed by atoms with Crippen LogP contribution < -0.4 is 15.5 Å². The molecule has 22 heavy (non-hydrogen) atoms. The molecule has 2 heterocycles. The molecule has 118 valence electrons. The van der Waals surface area contributed by atoms with Crippen molar-refractivity contribution in [3.63, 3.8) is 0 Å². The van der Waals surface area contributed by atoms with Gasteiger partial charge in [-0.15, -0.1) is 0 Å². The lowest BCUT2D eigenvalue weighted by Crippen LogP contribution is -2.52. The topological polar surface area (TPSA) is 64.7 Å². The summed E-state index contributed by atoms with van der Waals surface area (Å²) in [7, 11) is 0. The van der Waals surface area contributed by atoms with E-state index in [1.807, 2.05) is 36.1 Å². The van der Waals surface area contributed by atoms with Gasteiger partial charge in [0, 0.05) is 50.0 Å². The number of rotatable bonds is 2. The Labute approximate surface area is 130 Å². The number of carbonyl (C=O) groups is 2. The second-order valence-corrected chi connectivity index (χ2v) is 5.84. The maximum absolute atomic E-state index is 12.7. The molecule has 1 aromatic rings. The van der Waals surface area contributed by atoms with Gasteiger partial charge in [-0.25, -0.2) is 4.79 Å². The largest absolute Gasteiger partial charge is 0.338 e. The molecule has 2 aliphatic heterocycles. The summed E-state index contributed by atoms with van der Waals surface area (Å²) < 4.78 is 0. The van der Waals surface area contributed by atoms with Gasteiger partial charge in [-0.1, -0.05) is 6.07 Å². The van der Waals surface area contributed by atoms with E-state index in [-0.39, 0.29) is 18.0 Å². The monoisotopic (exact) mass is 302 g/mol. The van der Waals surface area contributed by atoms with Crippen LogP contribution in [-0.2, 0) is 0 Å². The average Bonchev–Trinajstić information content (AvgIpc) is 2.55. The number of benzene rings is 1. The third-order valence-electron chi connectivity index (χ3n) is 4.25. The molecule has 0 aliphatic carbocycles. The molecule has 2 fully saturated rings. The zero-order chi connectivity index (χ0) is 15.5. The molecule has 2 saturated heterocycles. The third kappa shape index (κ3) is 2.92. The van der Waals surface area contributed by atoms with Crippen LogP contribution in [0.15, 0.2) is 24.3 Å². The molecule has 2 aliphatic rings. The summed E-state index contributed by atoms with van der Waals surface area (Å²) in [6.45, 7) is 5.81. The van der Waals surface area contributed by atoms with Crippen LogP contribution in [0.1, 0.15) is 23.7 Å². The lowest BCUT2D eigenvalue weighted by molar-refractivity contribution is 0.0655. The molecule has 0 bridgehead atoms. The first-order valence-corrected chi connectivity index (χ1v) is 7.84. The predicted molar refractivity (Wildman–Crippen MR) is 85.2 cm³/mol. The zero-order valence-electron chi connectivity index (χ0n) is 12.8. The lowest BCUT2D eigenvalue weighted by Gasteiger charge is -2.34. The minimum absolute atomic E-state index is 0.0354. The number of piperazine rings is 1. The molecular weight excluding hydrogens is 280 g/mol.